The average molecular weight is 295 g/mol. The van der Waals surface area contributed by atoms with E-state index in [0.29, 0.717) is 24.7 Å². The molecule has 2 rings (SSSR count). The highest BCUT2D eigenvalue weighted by Gasteiger charge is 2.58. The summed E-state index contributed by atoms with van der Waals surface area (Å²) in [4.78, 5) is 23.7. The number of esters is 1. The van der Waals surface area contributed by atoms with Gasteiger partial charge in [0.25, 0.3) is 0 Å². The van der Waals surface area contributed by atoms with Crippen LogP contribution in [0.15, 0.2) is 0 Å². The molecule has 2 aliphatic rings. The van der Waals surface area contributed by atoms with Gasteiger partial charge in [0, 0.05) is 6.42 Å². The molecule has 21 heavy (non-hydrogen) atoms. The number of hydrogen-bond acceptors (Lipinski definition) is 3. The van der Waals surface area contributed by atoms with Crippen LogP contribution in [0.4, 0.5) is 0 Å². The lowest BCUT2D eigenvalue weighted by Crippen LogP contribution is -2.49. The molecule has 4 atom stereocenters. The van der Waals surface area contributed by atoms with Gasteiger partial charge in [-0.05, 0) is 63.2 Å². The van der Waals surface area contributed by atoms with Crippen molar-refractivity contribution in [3.63, 3.8) is 0 Å². The second-order valence-corrected chi connectivity index (χ2v) is 8.09. The summed E-state index contributed by atoms with van der Waals surface area (Å²) in [6.07, 6.45) is 5.18. The molecule has 0 bridgehead atoms. The normalized spacial score (nSPS) is 35.0. The van der Waals surface area contributed by atoms with E-state index in [9.17, 15) is 9.59 Å². The van der Waals surface area contributed by atoms with Crippen molar-refractivity contribution >= 4 is 11.9 Å². The third-order valence-corrected chi connectivity index (χ3v) is 5.27. The lowest BCUT2D eigenvalue weighted by molar-refractivity contribution is -0.164. The molecule has 0 aromatic rings. The zero-order valence-corrected chi connectivity index (χ0v) is 13.8. The summed E-state index contributed by atoms with van der Waals surface area (Å²) in [5.74, 6) is 1.41. The lowest BCUT2D eigenvalue weighted by atomic mass is 9.52. The predicted molar refractivity (Wildman–Crippen MR) is 81.3 cm³/mol. The molecule has 0 aliphatic heterocycles. The van der Waals surface area contributed by atoms with Crippen LogP contribution >= 0.6 is 0 Å². The fourth-order valence-electron chi connectivity index (χ4n) is 4.54. The Morgan fingerprint density at radius 3 is 2.43 bits per heavy atom. The topological polar surface area (TPSA) is 69.4 Å². The fourth-order valence-corrected chi connectivity index (χ4v) is 4.54. The molecule has 4 nitrogen and oxygen atoms in total. The molecule has 2 aliphatic carbocycles. The van der Waals surface area contributed by atoms with Crippen LogP contribution in [0.2, 0.25) is 0 Å². The molecule has 0 spiro atoms. The van der Waals surface area contributed by atoms with Crippen LogP contribution in [0.3, 0.4) is 0 Å². The Balaban J connectivity index is 2.06. The van der Waals surface area contributed by atoms with Crippen molar-refractivity contribution in [1.29, 1.82) is 0 Å². The van der Waals surface area contributed by atoms with E-state index in [4.69, 9.17) is 10.5 Å². The van der Waals surface area contributed by atoms with E-state index in [1.165, 1.54) is 12.8 Å². The quantitative estimate of drug-likeness (QED) is 0.793. The summed E-state index contributed by atoms with van der Waals surface area (Å²) in [5, 5.41) is 0. The maximum Gasteiger partial charge on any atom is 0.306 e. The first-order valence-electron chi connectivity index (χ1n) is 8.15. The van der Waals surface area contributed by atoms with Crippen molar-refractivity contribution in [1.82, 2.24) is 0 Å². The van der Waals surface area contributed by atoms with Gasteiger partial charge in [-0.25, -0.2) is 0 Å². The first kappa shape index (κ1) is 16.3. The van der Waals surface area contributed by atoms with Crippen molar-refractivity contribution in [2.45, 2.75) is 71.8 Å². The lowest BCUT2D eigenvalue weighted by Gasteiger charge is -2.52. The van der Waals surface area contributed by atoms with Crippen LogP contribution < -0.4 is 5.73 Å². The molecular weight excluding hydrogens is 266 g/mol. The summed E-state index contributed by atoms with van der Waals surface area (Å²) in [7, 11) is 0. The number of ether oxygens (including phenoxy) is 1. The molecule has 2 saturated carbocycles. The summed E-state index contributed by atoms with van der Waals surface area (Å²) in [5.41, 5.74) is 4.74. The third-order valence-electron chi connectivity index (χ3n) is 5.27. The SMILES string of the molecule is CCC1C[C@@H]2CC(CC(N)=O)(CC(=O)OC(C)(C)C)[C@H]2C1. The maximum atomic E-state index is 12.2. The average Bonchev–Trinajstić information content (AvgIpc) is 2.63. The van der Waals surface area contributed by atoms with Crippen molar-refractivity contribution < 1.29 is 14.3 Å². The van der Waals surface area contributed by atoms with Crippen LogP contribution in [-0.2, 0) is 14.3 Å². The van der Waals surface area contributed by atoms with Gasteiger partial charge in [0.05, 0.1) is 6.42 Å². The summed E-state index contributed by atoms with van der Waals surface area (Å²) < 4.78 is 5.46. The van der Waals surface area contributed by atoms with E-state index < -0.39 is 5.60 Å². The van der Waals surface area contributed by atoms with E-state index in [-0.39, 0.29) is 17.3 Å². The highest BCUT2D eigenvalue weighted by atomic mass is 16.6. The molecule has 0 radical (unpaired) electrons. The molecule has 0 heterocycles. The van der Waals surface area contributed by atoms with Crippen molar-refractivity contribution in [3.8, 4) is 0 Å². The summed E-state index contributed by atoms with van der Waals surface area (Å²) >= 11 is 0. The van der Waals surface area contributed by atoms with Crippen molar-refractivity contribution in [3.05, 3.63) is 0 Å². The minimum absolute atomic E-state index is 0.192. The van der Waals surface area contributed by atoms with E-state index in [1.807, 2.05) is 20.8 Å². The highest BCUT2D eigenvalue weighted by molar-refractivity contribution is 5.77. The number of carbonyl (C=O) groups is 2. The zero-order chi connectivity index (χ0) is 15.8. The van der Waals surface area contributed by atoms with Gasteiger partial charge in [-0.3, -0.25) is 9.59 Å². The second-order valence-electron chi connectivity index (χ2n) is 8.09. The minimum Gasteiger partial charge on any atom is -0.460 e. The van der Waals surface area contributed by atoms with Crippen molar-refractivity contribution in [2.75, 3.05) is 0 Å². The Bertz CT molecular complexity index is 426. The number of carbonyl (C=O) groups excluding carboxylic acids is 2. The molecule has 4 heteroatoms. The smallest absolute Gasteiger partial charge is 0.306 e. The molecule has 120 valence electrons. The van der Waals surface area contributed by atoms with Crippen LogP contribution in [0, 0.1) is 23.2 Å². The van der Waals surface area contributed by atoms with Crippen LogP contribution in [0.5, 0.6) is 0 Å². The minimum atomic E-state index is -0.476. The van der Waals surface area contributed by atoms with Gasteiger partial charge in [0.1, 0.15) is 5.60 Å². The van der Waals surface area contributed by atoms with Gasteiger partial charge in [-0.15, -0.1) is 0 Å². The first-order valence-corrected chi connectivity index (χ1v) is 8.15. The maximum absolute atomic E-state index is 12.2. The molecule has 2 N–H and O–H groups in total. The van der Waals surface area contributed by atoms with Crippen LogP contribution in [0.1, 0.15) is 66.2 Å². The molecular formula is C17H29NO3. The van der Waals surface area contributed by atoms with Crippen LogP contribution in [-0.4, -0.2) is 17.5 Å². The van der Waals surface area contributed by atoms with E-state index in [1.54, 1.807) is 0 Å². The van der Waals surface area contributed by atoms with Gasteiger partial charge in [-0.2, -0.15) is 0 Å². The van der Waals surface area contributed by atoms with Gasteiger partial charge in [0.2, 0.25) is 5.91 Å². The highest BCUT2D eigenvalue weighted by Crippen LogP contribution is 2.64. The number of primary amides is 1. The summed E-state index contributed by atoms with van der Waals surface area (Å²) in [6.45, 7) is 7.84. The number of amides is 1. The molecule has 0 saturated heterocycles. The molecule has 0 aromatic heterocycles. The van der Waals surface area contributed by atoms with E-state index >= 15 is 0 Å². The Morgan fingerprint density at radius 1 is 1.24 bits per heavy atom. The largest absolute Gasteiger partial charge is 0.460 e. The second kappa shape index (κ2) is 5.62. The van der Waals surface area contributed by atoms with Gasteiger partial charge in [-0.1, -0.05) is 13.3 Å². The molecule has 0 aromatic carbocycles. The Hall–Kier alpha value is -1.06. The van der Waals surface area contributed by atoms with Crippen LogP contribution in [0.25, 0.3) is 0 Å². The predicted octanol–water partition coefficient (Wildman–Crippen LogP) is 3.04. The number of fused-ring (bicyclic) bond motifs is 1. The Kier molecular flexibility index (Phi) is 4.36. The van der Waals surface area contributed by atoms with Gasteiger partial charge >= 0.3 is 5.97 Å². The van der Waals surface area contributed by atoms with Gasteiger partial charge in [0.15, 0.2) is 0 Å². The number of nitrogens with two attached hydrogens (primary N) is 1. The fraction of sp³-hybridized carbons (Fsp3) is 0.882. The third kappa shape index (κ3) is 3.58. The Morgan fingerprint density at radius 2 is 1.90 bits per heavy atom. The zero-order valence-electron chi connectivity index (χ0n) is 13.8. The van der Waals surface area contributed by atoms with E-state index in [2.05, 4.69) is 6.92 Å². The van der Waals surface area contributed by atoms with E-state index in [0.717, 1.165) is 18.8 Å². The number of hydrogen-bond donors (Lipinski definition) is 1. The first-order chi connectivity index (χ1) is 9.65. The van der Waals surface area contributed by atoms with Crippen molar-refractivity contribution in [2.24, 2.45) is 28.9 Å². The Labute approximate surface area is 127 Å². The molecule has 2 fully saturated rings. The molecule has 1 amide bonds. The molecule has 2 unspecified atom stereocenters. The monoisotopic (exact) mass is 295 g/mol. The standard InChI is InChI=1S/C17H29NO3/c1-5-11-6-12-8-17(9-14(18)19,13(12)7-11)10-15(20)21-16(2,3)4/h11-13H,5-10H2,1-4H3,(H2,18,19)/t11?,12-,13+,17?/m1/s1. The van der Waals surface area contributed by atoms with Gasteiger partial charge < -0.3 is 10.5 Å². The summed E-state index contributed by atoms with van der Waals surface area (Å²) in [6, 6.07) is 0. The number of rotatable bonds is 5.